The topological polar surface area (TPSA) is 32.7 Å². The maximum absolute atomic E-state index is 10.5. The van der Waals surface area contributed by atoms with Crippen LogP contribution < -0.4 is 0 Å². The maximum Gasteiger partial charge on any atom is 0.130 e. The van der Waals surface area contributed by atoms with Crippen LogP contribution in [0.25, 0.3) is 0 Å². The van der Waals surface area contributed by atoms with Crippen LogP contribution in [0.5, 0.6) is 0 Å². The van der Waals surface area contributed by atoms with Crippen molar-refractivity contribution >= 4 is 11.5 Å². The Bertz CT molecular complexity index is 687. The number of ketones is 1. The minimum absolute atomic E-state index is 0.172. The molecule has 162 valence electrons. The molecule has 0 N–H and O–H groups in total. The number of Topliss-reactive ketones (excluding diaryl/α,β-unsaturated/α-hetero) is 1. The third-order valence-corrected chi connectivity index (χ3v) is 4.17. The summed E-state index contributed by atoms with van der Waals surface area (Å²) in [5.74, 6) is 0.275. The first-order valence-electron chi connectivity index (χ1n) is 10.7. The molecule has 3 nitrogen and oxygen atoms in total. The minimum Gasteiger partial charge on any atom is -0.370 e. The predicted octanol–water partition coefficient (Wildman–Crippen LogP) is 6.97. The molecule has 1 aromatic carbocycles. The van der Waals surface area contributed by atoms with Gasteiger partial charge < -0.3 is 9.69 Å². The number of hydrogen-bond acceptors (Lipinski definition) is 3. The van der Waals surface area contributed by atoms with E-state index in [1.54, 1.807) is 6.92 Å². The molecule has 1 aromatic rings. The van der Waals surface area contributed by atoms with Gasteiger partial charge in [-0.25, -0.2) is 0 Å². The average Bonchev–Trinajstić information content (AvgIpc) is 2.60. The summed E-state index contributed by atoms with van der Waals surface area (Å²) in [5.41, 5.74) is 4.74. The normalized spacial score (nSPS) is 12.1. The largest absolute Gasteiger partial charge is 0.370 e. The Labute approximate surface area is 179 Å². The van der Waals surface area contributed by atoms with Crippen molar-refractivity contribution in [3.05, 3.63) is 59.9 Å². The zero-order valence-corrected chi connectivity index (χ0v) is 20.0. The van der Waals surface area contributed by atoms with Gasteiger partial charge in [-0.3, -0.25) is 4.99 Å². The highest BCUT2D eigenvalue weighted by molar-refractivity contribution is 5.99. The molecule has 29 heavy (non-hydrogen) atoms. The highest BCUT2D eigenvalue weighted by Crippen LogP contribution is 2.17. The summed E-state index contributed by atoms with van der Waals surface area (Å²) in [6.45, 7) is 22.4. The second-order valence-corrected chi connectivity index (χ2v) is 8.77. The van der Waals surface area contributed by atoms with Gasteiger partial charge in [-0.15, -0.1) is 0 Å². The van der Waals surface area contributed by atoms with E-state index < -0.39 is 0 Å². The van der Waals surface area contributed by atoms with Crippen molar-refractivity contribution in [2.45, 2.75) is 74.7 Å². The van der Waals surface area contributed by atoms with Crippen molar-refractivity contribution in [2.75, 3.05) is 13.1 Å². The summed E-state index contributed by atoms with van der Waals surface area (Å²) in [6, 6.07) is 8.44. The molecule has 0 atom stereocenters. The van der Waals surface area contributed by atoms with Crippen molar-refractivity contribution < 1.29 is 4.79 Å². The van der Waals surface area contributed by atoms with Crippen molar-refractivity contribution in [3.8, 4) is 0 Å². The van der Waals surface area contributed by atoms with Gasteiger partial charge in [0.15, 0.2) is 0 Å². The monoisotopic (exact) mass is 398 g/mol. The third kappa shape index (κ3) is 12.8. The summed E-state index contributed by atoms with van der Waals surface area (Å²) >= 11 is 0. The number of hydrogen-bond donors (Lipinski definition) is 0. The standard InChI is InChI=1S/C19H28N2.C7H14O/c1-6-12-21(13-7-2)19(8-3)15-20-17(5)18-11-9-10-16(4)14-18;1-6(8)5-7(2,3)4/h8-11,14-15H,3,6-7,12-13H2,1-2,4-5H3;5H2,1-4H3/b19-15+,20-17?;. The fourth-order valence-electron chi connectivity index (χ4n) is 3.03. The van der Waals surface area contributed by atoms with E-state index in [4.69, 9.17) is 0 Å². The number of allylic oxidation sites excluding steroid dienone is 1. The van der Waals surface area contributed by atoms with Gasteiger partial charge in [-0.05, 0) is 50.7 Å². The van der Waals surface area contributed by atoms with E-state index in [-0.39, 0.29) is 11.2 Å². The van der Waals surface area contributed by atoms with Crippen LogP contribution in [-0.4, -0.2) is 29.5 Å². The molecule has 0 spiro atoms. The van der Waals surface area contributed by atoms with Gasteiger partial charge in [-0.1, -0.05) is 71.0 Å². The number of carbonyl (C=O) groups excluding carboxylic acids is 1. The maximum atomic E-state index is 10.5. The molecular weight excluding hydrogens is 356 g/mol. The summed E-state index contributed by atoms with van der Waals surface area (Å²) in [6.07, 6.45) is 6.79. The zero-order valence-electron chi connectivity index (χ0n) is 20.0. The van der Waals surface area contributed by atoms with Crippen LogP contribution in [0.2, 0.25) is 0 Å². The molecule has 0 aromatic heterocycles. The lowest BCUT2D eigenvalue weighted by molar-refractivity contribution is -0.118. The number of aryl methyl sites for hydroxylation is 1. The van der Waals surface area contributed by atoms with E-state index in [0.717, 1.165) is 37.3 Å². The molecule has 0 aliphatic carbocycles. The Kier molecular flexibility index (Phi) is 12.9. The Morgan fingerprint density at radius 1 is 1.14 bits per heavy atom. The van der Waals surface area contributed by atoms with Gasteiger partial charge in [0.25, 0.3) is 0 Å². The molecule has 0 saturated heterocycles. The molecule has 0 saturated carbocycles. The van der Waals surface area contributed by atoms with Gasteiger partial charge >= 0.3 is 0 Å². The molecule has 0 unspecified atom stereocenters. The van der Waals surface area contributed by atoms with Crippen LogP contribution >= 0.6 is 0 Å². The lowest BCUT2D eigenvalue weighted by Gasteiger charge is -2.24. The Balaban J connectivity index is 0.000000828. The third-order valence-electron chi connectivity index (χ3n) is 4.17. The van der Waals surface area contributed by atoms with E-state index in [0.29, 0.717) is 6.42 Å². The molecule has 0 bridgehead atoms. The molecule has 0 radical (unpaired) electrons. The van der Waals surface area contributed by atoms with E-state index in [1.807, 2.05) is 12.3 Å². The first-order valence-corrected chi connectivity index (χ1v) is 10.7. The molecule has 0 fully saturated rings. The summed E-state index contributed by atoms with van der Waals surface area (Å²) in [5, 5.41) is 0. The fraction of sp³-hybridized carbons (Fsp3) is 0.538. The van der Waals surface area contributed by atoms with Crippen molar-refractivity contribution in [2.24, 2.45) is 10.4 Å². The molecule has 0 aliphatic heterocycles. The van der Waals surface area contributed by atoms with Crippen molar-refractivity contribution in [1.29, 1.82) is 0 Å². The Morgan fingerprint density at radius 3 is 2.10 bits per heavy atom. The zero-order chi connectivity index (χ0) is 22.4. The smallest absolute Gasteiger partial charge is 0.130 e. The quantitative estimate of drug-likeness (QED) is 0.332. The number of carbonyl (C=O) groups is 1. The van der Waals surface area contributed by atoms with Crippen LogP contribution in [-0.2, 0) is 4.79 Å². The average molecular weight is 399 g/mol. The van der Waals surface area contributed by atoms with Crippen LogP contribution in [0.15, 0.2) is 53.8 Å². The molecule has 1 rings (SSSR count). The minimum atomic E-state index is 0.172. The van der Waals surface area contributed by atoms with Crippen LogP contribution in [0.1, 0.15) is 78.9 Å². The van der Waals surface area contributed by atoms with Crippen LogP contribution in [0, 0.1) is 12.3 Å². The van der Waals surface area contributed by atoms with Gasteiger partial charge in [0.1, 0.15) is 5.78 Å². The molecule has 0 heterocycles. The van der Waals surface area contributed by atoms with Crippen molar-refractivity contribution in [1.82, 2.24) is 4.90 Å². The Morgan fingerprint density at radius 2 is 1.72 bits per heavy atom. The van der Waals surface area contributed by atoms with Gasteiger partial charge in [-0.2, -0.15) is 0 Å². The van der Waals surface area contributed by atoms with Gasteiger partial charge in [0.2, 0.25) is 0 Å². The molecular formula is C26H42N2O. The van der Waals surface area contributed by atoms with Crippen LogP contribution in [0.3, 0.4) is 0 Å². The number of aliphatic imine (C=N–C) groups is 1. The first-order chi connectivity index (χ1) is 13.5. The summed E-state index contributed by atoms with van der Waals surface area (Å²) in [4.78, 5) is 17.4. The SMILES string of the molecule is C=C/C(=C\N=C(C)c1cccc(C)c1)N(CCC)CCC.CC(=O)CC(C)(C)C. The van der Waals surface area contributed by atoms with E-state index >= 15 is 0 Å². The van der Waals surface area contributed by atoms with E-state index in [1.165, 1.54) is 11.1 Å². The van der Waals surface area contributed by atoms with Crippen molar-refractivity contribution in [3.63, 3.8) is 0 Å². The number of nitrogens with zero attached hydrogens (tertiary/aromatic N) is 2. The highest BCUT2D eigenvalue weighted by Gasteiger charge is 2.11. The lowest BCUT2D eigenvalue weighted by atomic mass is 9.91. The fourth-order valence-corrected chi connectivity index (χ4v) is 3.03. The van der Waals surface area contributed by atoms with Gasteiger partial charge in [0, 0.05) is 25.2 Å². The Hall–Kier alpha value is -2.16. The number of rotatable bonds is 9. The van der Waals surface area contributed by atoms with E-state index in [2.05, 4.69) is 89.2 Å². The molecule has 0 amide bonds. The number of benzene rings is 1. The predicted molar refractivity (Wildman–Crippen MR) is 129 cm³/mol. The lowest BCUT2D eigenvalue weighted by Crippen LogP contribution is -2.23. The van der Waals surface area contributed by atoms with E-state index in [9.17, 15) is 4.79 Å². The summed E-state index contributed by atoms with van der Waals surface area (Å²) < 4.78 is 0. The molecule has 0 aliphatic rings. The molecule has 3 heteroatoms. The summed E-state index contributed by atoms with van der Waals surface area (Å²) in [7, 11) is 0. The first kappa shape index (κ1) is 26.8. The second-order valence-electron chi connectivity index (χ2n) is 8.77. The van der Waals surface area contributed by atoms with Crippen LogP contribution in [0.4, 0.5) is 0 Å². The van der Waals surface area contributed by atoms with Gasteiger partial charge in [0.05, 0.1) is 11.9 Å². The highest BCUT2D eigenvalue weighted by atomic mass is 16.1. The second kappa shape index (κ2) is 13.9.